The Balaban J connectivity index is 2.09. The lowest BCUT2D eigenvalue weighted by Crippen LogP contribution is -2.30. The van der Waals surface area contributed by atoms with Crippen LogP contribution in [0.5, 0.6) is 5.75 Å². The average molecular weight is 389 g/mol. The fourth-order valence-electron chi connectivity index (χ4n) is 2.46. The van der Waals surface area contributed by atoms with Gasteiger partial charge < -0.3 is 15.0 Å². The van der Waals surface area contributed by atoms with Gasteiger partial charge in [-0.2, -0.15) is 0 Å². The Bertz CT molecular complexity index is 834. The quantitative estimate of drug-likeness (QED) is 0.788. The third kappa shape index (κ3) is 5.47. The fourth-order valence-corrected chi connectivity index (χ4v) is 2.65. The van der Waals surface area contributed by atoms with Gasteiger partial charge in [0.1, 0.15) is 5.75 Å². The van der Waals surface area contributed by atoms with Crippen LogP contribution in [-0.2, 0) is 4.79 Å². The number of nitrogens with zero attached hydrogens (tertiary/aromatic N) is 1. The molecule has 1 N–H and O–H groups in total. The molecular weight excluding hydrogens is 364 g/mol. The number of benzene rings is 2. The molecule has 0 aromatic heterocycles. The summed E-state index contributed by atoms with van der Waals surface area (Å²) < 4.78 is 5.77. The Hall–Kier alpha value is -2.53. The van der Waals surface area contributed by atoms with Crippen molar-refractivity contribution in [2.75, 3.05) is 19.4 Å². The van der Waals surface area contributed by atoms with Crippen molar-refractivity contribution in [3.8, 4) is 5.75 Å². The number of rotatable bonds is 6. The van der Waals surface area contributed by atoms with Crippen molar-refractivity contribution in [2.45, 2.75) is 32.8 Å². The molecule has 2 amide bonds. The van der Waals surface area contributed by atoms with Crippen LogP contribution in [0.3, 0.4) is 0 Å². The molecule has 2 aromatic rings. The number of carbonyl (C=O) groups excluding carboxylic acids is 2. The SMILES string of the molecule is CC(Oc1cccc(C(C)C)c1)C(=O)Nc1ccc(Cl)c(C(=O)N(C)C)c1. The van der Waals surface area contributed by atoms with Crippen LogP contribution in [0.2, 0.25) is 5.02 Å². The van der Waals surface area contributed by atoms with Crippen LogP contribution in [0.4, 0.5) is 5.69 Å². The van der Waals surface area contributed by atoms with Crippen LogP contribution in [0.25, 0.3) is 0 Å². The van der Waals surface area contributed by atoms with Crippen LogP contribution in [0, 0.1) is 0 Å². The minimum atomic E-state index is -0.698. The van der Waals surface area contributed by atoms with E-state index < -0.39 is 6.10 Å². The topological polar surface area (TPSA) is 58.6 Å². The molecule has 144 valence electrons. The van der Waals surface area contributed by atoms with Crippen molar-refractivity contribution in [1.29, 1.82) is 0 Å². The summed E-state index contributed by atoms with van der Waals surface area (Å²) in [5.74, 6) is 0.476. The number of ether oxygens (including phenoxy) is 1. The zero-order chi connectivity index (χ0) is 20.1. The highest BCUT2D eigenvalue weighted by molar-refractivity contribution is 6.34. The first kappa shape index (κ1) is 20.8. The van der Waals surface area contributed by atoms with Crippen LogP contribution in [0.1, 0.15) is 42.6 Å². The highest BCUT2D eigenvalue weighted by Crippen LogP contribution is 2.23. The van der Waals surface area contributed by atoms with Crippen LogP contribution in [-0.4, -0.2) is 36.9 Å². The molecule has 1 atom stereocenters. The van der Waals surface area contributed by atoms with Gasteiger partial charge in [-0.1, -0.05) is 37.6 Å². The molecule has 0 saturated carbocycles. The summed E-state index contributed by atoms with van der Waals surface area (Å²) in [7, 11) is 3.29. The molecule has 0 aliphatic heterocycles. The number of carbonyl (C=O) groups is 2. The van der Waals surface area contributed by atoms with Crippen molar-refractivity contribution in [2.24, 2.45) is 0 Å². The van der Waals surface area contributed by atoms with E-state index in [9.17, 15) is 9.59 Å². The van der Waals surface area contributed by atoms with Crippen LogP contribution in [0.15, 0.2) is 42.5 Å². The van der Waals surface area contributed by atoms with Gasteiger partial charge in [-0.15, -0.1) is 0 Å². The Morgan fingerprint density at radius 1 is 1.07 bits per heavy atom. The number of nitrogens with one attached hydrogen (secondary N) is 1. The second-order valence-electron chi connectivity index (χ2n) is 6.87. The Morgan fingerprint density at radius 3 is 2.41 bits per heavy atom. The molecule has 0 heterocycles. The van der Waals surface area contributed by atoms with Gasteiger partial charge in [0.15, 0.2) is 6.10 Å². The van der Waals surface area contributed by atoms with Crippen molar-refractivity contribution in [3.63, 3.8) is 0 Å². The number of halogens is 1. The average Bonchev–Trinajstić information content (AvgIpc) is 2.62. The third-order valence-corrected chi connectivity index (χ3v) is 4.41. The first-order valence-corrected chi connectivity index (χ1v) is 9.15. The van der Waals surface area contributed by atoms with Crippen molar-refractivity contribution in [3.05, 3.63) is 58.6 Å². The van der Waals surface area contributed by atoms with E-state index in [4.69, 9.17) is 16.3 Å². The highest BCUT2D eigenvalue weighted by atomic mass is 35.5. The van der Waals surface area contributed by atoms with E-state index in [1.807, 2.05) is 24.3 Å². The maximum atomic E-state index is 12.5. The van der Waals surface area contributed by atoms with E-state index in [1.165, 1.54) is 4.90 Å². The van der Waals surface area contributed by atoms with E-state index in [0.717, 1.165) is 5.56 Å². The number of amides is 2. The summed E-state index contributed by atoms with van der Waals surface area (Å²) >= 11 is 6.10. The first-order chi connectivity index (χ1) is 12.7. The zero-order valence-corrected chi connectivity index (χ0v) is 17.0. The molecule has 2 rings (SSSR count). The molecule has 6 heteroatoms. The predicted molar refractivity (Wildman–Crippen MR) is 109 cm³/mol. The van der Waals surface area contributed by atoms with Gasteiger partial charge in [0, 0.05) is 19.8 Å². The maximum absolute atomic E-state index is 12.5. The molecule has 2 aromatic carbocycles. The lowest BCUT2D eigenvalue weighted by molar-refractivity contribution is -0.122. The van der Waals surface area contributed by atoms with Gasteiger partial charge >= 0.3 is 0 Å². The molecule has 1 unspecified atom stereocenters. The largest absolute Gasteiger partial charge is 0.481 e. The van der Waals surface area contributed by atoms with Gasteiger partial charge in [0.2, 0.25) is 0 Å². The van der Waals surface area contributed by atoms with Gasteiger partial charge in [-0.05, 0) is 48.7 Å². The number of anilines is 1. The number of hydrogen-bond acceptors (Lipinski definition) is 3. The summed E-state index contributed by atoms with van der Waals surface area (Å²) in [5, 5.41) is 3.10. The minimum absolute atomic E-state index is 0.231. The molecule has 0 spiro atoms. The van der Waals surface area contributed by atoms with Gasteiger partial charge in [0.25, 0.3) is 11.8 Å². The standard InChI is InChI=1S/C21H25ClN2O3/c1-13(2)15-7-6-8-17(11-15)27-14(3)20(25)23-16-9-10-19(22)18(12-16)21(26)24(4)5/h6-14H,1-5H3,(H,23,25). The molecule has 0 saturated heterocycles. The van der Waals surface area contributed by atoms with Crippen molar-refractivity contribution < 1.29 is 14.3 Å². The Kier molecular flexibility index (Phi) is 6.86. The smallest absolute Gasteiger partial charge is 0.265 e. The monoisotopic (exact) mass is 388 g/mol. The van der Waals surface area contributed by atoms with E-state index in [2.05, 4.69) is 19.2 Å². The second-order valence-corrected chi connectivity index (χ2v) is 7.28. The fraction of sp³-hybridized carbons (Fsp3) is 0.333. The van der Waals surface area contributed by atoms with Crippen molar-refractivity contribution >= 4 is 29.1 Å². The van der Waals surface area contributed by atoms with E-state index >= 15 is 0 Å². The second kappa shape index (κ2) is 8.91. The predicted octanol–water partition coefficient (Wildman–Crippen LogP) is 4.57. The normalized spacial score (nSPS) is 11.8. The summed E-state index contributed by atoms with van der Waals surface area (Å²) in [6.45, 7) is 5.88. The van der Waals surface area contributed by atoms with E-state index in [0.29, 0.717) is 27.9 Å². The summed E-state index contributed by atoms with van der Waals surface area (Å²) in [6.07, 6.45) is -0.698. The zero-order valence-electron chi connectivity index (χ0n) is 16.2. The van der Waals surface area contributed by atoms with Crippen molar-refractivity contribution in [1.82, 2.24) is 4.90 Å². The Morgan fingerprint density at radius 2 is 1.78 bits per heavy atom. The molecule has 27 heavy (non-hydrogen) atoms. The molecular formula is C21H25ClN2O3. The molecule has 0 aliphatic rings. The van der Waals surface area contributed by atoms with Gasteiger partial charge in [0.05, 0.1) is 10.6 Å². The summed E-state index contributed by atoms with van der Waals surface area (Å²) in [6, 6.07) is 12.5. The maximum Gasteiger partial charge on any atom is 0.265 e. The lowest BCUT2D eigenvalue weighted by atomic mass is 10.0. The number of hydrogen-bond donors (Lipinski definition) is 1. The van der Waals surface area contributed by atoms with Crippen LogP contribution < -0.4 is 10.1 Å². The van der Waals surface area contributed by atoms with Crippen LogP contribution >= 0.6 is 11.6 Å². The summed E-state index contributed by atoms with van der Waals surface area (Å²) in [5.41, 5.74) is 1.96. The molecule has 0 aliphatic carbocycles. The van der Waals surface area contributed by atoms with Gasteiger partial charge in [-0.25, -0.2) is 0 Å². The Labute approximate surface area is 165 Å². The highest BCUT2D eigenvalue weighted by Gasteiger charge is 2.18. The molecule has 0 radical (unpaired) electrons. The molecule has 0 fully saturated rings. The summed E-state index contributed by atoms with van der Waals surface area (Å²) in [4.78, 5) is 26.1. The van der Waals surface area contributed by atoms with E-state index in [1.54, 1.807) is 39.2 Å². The van der Waals surface area contributed by atoms with E-state index in [-0.39, 0.29) is 11.8 Å². The first-order valence-electron chi connectivity index (χ1n) is 8.77. The van der Waals surface area contributed by atoms with Gasteiger partial charge in [-0.3, -0.25) is 9.59 Å². The molecule has 5 nitrogen and oxygen atoms in total. The third-order valence-electron chi connectivity index (χ3n) is 4.08. The minimum Gasteiger partial charge on any atom is -0.481 e. The molecule has 0 bridgehead atoms. The lowest BCUT2D eigenvalue weighted by Gasteiger charge is -2.17.